The molecule has 1 fully saturated rings. The van der Waals surface area contributed by atoms with Gasteiger partial charge in [-0.1, -0.05) is 100 Å². The van der Waals surface area contributed by atoms with Crippen molar-refractivity contribution in [2.45, 2.75) is 213 Å². The highest BCUT2D eigenvalue weighted by Crippen LogP contribution is 2.23. The zero-order valence-electron chi connectivity index (χ0n) is 62.3. The van der Waals surface area contributed by atoms with Gasteiger partial charge in [0.25, 0.3) is 0 Å². The van der Waals surface area contributed by atoms with Crippen molar-refractivity contribution >= 4 is 100 Å². The normalized spacial score (nSPS) is 17.5. The van der Waals surface area contributed by atoms with Gasteiger partial charge < -0.3 is 79.8 Å². The molecule has 0 bridgehead atoms. The predicted molar refractivity (Wildman–Crippen MR) is 392 cm³/mol. The molecule has 5 unspecified atom stereocenters. The molecule has 2 aromatic carbocycles. The molecule has 0 aliphatic carbocycles. The van der Waals surface area contributed by atoms with Crippen molar-refractivity contribution in [3.63, 3.8) is 0 Å². The molecule has 1 aliphatic heterocycles. The van der Waals surface area contributed by atoms with E-state index >= 15 is 0 Å². The van der Waals surface area contributed by atoms with Crippen molar-refractivity contribution in [3.05, 3.63) is 83.7 Å². The number of hydrogen-bond acceptors (Lipinski definition) is 20. The summed E-state index contributed by atoms with van der Waals surface area (Å²) < 4.78 is 1.69. The number of Topliss-reactive ketones (excluding diaryl/α,β-unsaturated/α-hetero) is 5. The first-order valence-electron chi connectivity index (χ1n) is 36.3. The highest BCUT2D eigenvalue weighted by molar-refractivity contribution is 6.00. The van der Waals surface area contributed by atoms with Crippen LogP contribution in [0.3, 0.4) is 0 Å². The number of nitrogens with two attached hydrogens (primary N) is 3. The van der Waals surface area contributed by atoms with Crippen LogP contribution in [0.1, 0.15) is 168 Å². The number of amides is 8. The Morgan fingerprint density at radius 3 is 1.82 bits per heavy atom. The number of aromatic nitrogens is 3. The van der Waals surface area contributed by atoms with E-state index in [1.807, 2.05) is 0 Å². The highest BCUT2D eigenvalue weighted by Gasteiger charge is 2.37. The topological polar surface area (TPSA) is 551 Å². The number of carboxylic acids is 3. The quantitative estimate of drug-likeness (QED) is 0.0209. The minimum atomic E-state index is -1.91. The molecule has 0 spiro atoms. The maximum atomic E-state index is 14.3. The van der Waals surface area contributed by atoms with Crippen LogP contribution in [-0.2, 0) is 103 Å². The van der Waals surface area contributed by atoms with Crippen molar-refractivity contribution in [3.8, 4) is 0 Å². The minimum absolute atomic E-state index is 0.000618. The first kappa shape index (κ1) is 89.7. The van der Waals surface area contributed by atoms with E-state index in [1.54, 1.807) is 85.4 Å². The predicted octanol–water partition coefficient (Wildman–Crippen LogP) is 0.611. The van der Waals surface area contributed by atoms with Crippen LogP contribution in [0.25, 0.3) is 0 Å². The second-order valence-electron chi connectivity index (χ2n) is 29.1. The van der Waals surface area contributed by atoms with E-state index in [9.17, 15) is 92.0 Å². The summed E-state index contributed by atoms with van der Waals surface area (Å²) in [6.07, 6.45) is -2.20. The smallest absolute Gasteiger partial charge is 0.305 e. The fourth-order valence-electron chi connectivity index (χ4n) is 12.1. The molecule has 34 nitrogen and oxygen atoms in total. The molecule has 2 heterocycles. The van der Waals surface area contributed by atoms with Crippen LogP contribution in [0, 0.1) is 35.0 Å². The molecule has 0 saturated carbocycles. The van der Waals surface area contributed by atoms with Gasteiger partial charge in [-0.05, 0) is 93.6 Å². The fourth-order valence-corrected chi connectivity index (χ4v) is 12.1. The van der Waals surface area contributed by atoms with E-state index < -0.39 is 212 Å². The molecule has 0 radical (unpaired) electrons. The summed E-state index contributed by atoms with van der Waals surface area (Å²) in [6, 6.07) is 8.55. The number of carboxylic acid groups (broad SMARTS) is 3. The number of aliphatic imine (C=N–C) groups is 1. The van der Waals surface area contributed by atoms with Crippen LogP contribution in [0.15, 0.2) is 71.9 Å². The number of aliphatic carboxylic acids is 3. The number of benzene rings is 2. The lowest BCUT2D eigenvalue weighted by Gasteiger charge is -2.26. The van der Waals surface area contributed by atoms with Crippen LogP contribution < -0.4 is 59.7 Å². The average molecular weight is 1510 g/mol. The Balaban J connectivity index is 1.46. The molecular formula is C74H107N15O19. The van der Waals surface area contributed by atoms with Crippen molar-refractivity contribution in [1.82, 2.24) is 57.5 Å². The lowest BCUT2D eigenvalue weighted by atomic mass is 9.88. The van der Waals surface area contributed by atoms with Gasteiger partial charge >= 0.3 is 17.9 Å². The van der Waals surface area contributed by atoms with Crippen molar-refractivity contribution in [2.75, 3.05) is 26.2 Å². The summed E-state index contributed by atoms with van der Waals surface area (Å²) in [5.41, 5.74) is 19.1. The van der Waals surface area contributed by atoms with Gasteiger partial charge in [-0.15, -0.1) is 5.10 Å². The van der Waals surface area contributed by atoms with E-state index in [2.05, 4.69) is 78.6 Å². The number of hydrogen-bond donors (Lipinski definition) is 14. The molecule has 10 atom stereocenters. The summed E-state index contributed by atoms with van der Waals surface area (Å²) in [6.45, 7) is 10.2. The lowest BCUT2D eigenvalue weighted by molar-refractivity contribution is -0.143. The van der Waals surface area contributed by atoms with E-state index in [1.165, 1.54) is 0 Å². The molecule has 4 rings (SSSR count). The molecule has 1 saturated heterocycles. The van der Waals surface area contributed by atoms with Crippen LogP contribution >= 0.6 is 0 Å². The van der Waals surface area contributed by atoms with Gasteiger partial charge in [-0.25, -0.2) is 0 Å². The number of aryl methyl sites for hydroxylation is 1. The van der Waals surface area contributed by atoms with Gasteiger partial charge in [0.05, 0.1) is 61.5 Å². The van der Waals surface area contributed by atoms with E-state index in [0.717, 1.165) is 19.8 Å². The third-order valence-electron chi connectivity index (χ3n) is 17.7. The third kappa shape index (κ3) is 35.2. The lowest BCUT2D eigenvalue weighted by Crippen LogP contribution is -2.57. The minimum Gasteiger partial charge on any atom is -0.481 e. The average Bonchev–Trinajstić information content (AvgIpc) is 1.15. The Bertz CT molecular complexity index is 3630. The molecule has 108 heavy (non-hydrogen) atoms. The molecule has 34 heteroatoms. The number of nitrogens with zero attached hydrogens (tertiary/aromatic N) is 4. The molecule has 592 valence electrons. The van der Waals surface area contributed by atoms with E-state index in [0.29, 0.717) is 23.4 Å². The number of rotatable bonds is 45. The van der Waals surface area contributed by atoms with Crippen molar-refractivity contribution in [2.24, 2.45) is 57.2 Å². The molecule has 1 aromatic heterocycles. The second-order valence-corrected chi connectivity index (χ2v) is 29.1. The van der Waals surface area contributed by atoms with E-state index in [4.69, 9.17) is 17.2 Å². The second kappa shape index (κ2) is 45.7. The van der Waals surface area contributed by atoms with E-state index in [-0.39, 0.29) is 101 Å². The van der Waals surface area contributed by atoms with Gasteiger partial charge in [-0.2, -0.15) is 0 Å². The molecular weight excluding hydrogens is 1400 g/mol. The van der Waals surface area contributed by atoms with Crippen molar-refractivity contribution in [1.29, 1.82) is 0 Å². The fraction of sp³-hybridized carbons (Fsp3) is 0.581. The van der Waals surface area contributed by atoms with Crippen LogP contribution in [-0.4, -0.2) is 193 Å². The number of unbranched alkanes of at least 4 members (excludes halogenated alkanes) is 1. The summed E-state index contributed by atoms with van der Waals surface area (Å²) in [4.78, 5) is 219. The summed E-state index contributed by atoms with van der Waals surface area (Å²) >= 11 is 0. The Labute approximate surface area is 627 Å². The maximum absolute atomic E-state index is 14.3. The zero-order valence-corrected chi connectivity index (χ0v) is 62.3. The van der Waals surface area contributed by atoms with Crippen LogP contribution in [0.5, 0.6) is 0 Å². The summed E-state index contributed by atoms with van der Waals surface area (Å²) in [5, 5.41) is 57.9. The number of guanidine groups is 1. The molecule has 3 aromatic rings. The number of ketones is 5. The SMILES string of the molecule is CC(=O)C[C@H](CC(=O)[C@H](CC(=O)O)NC(=O)[C@@H](CNC(=O)C(CC(=O)C(Cc1ccccc1)NC(=O)CCC(=O)C(N)Cc1cn(CCCC(C)(C)C)nn1)CC(C)C)CC(=O)O)C(=O)NCCCCC1NC(=O)[C@@H](Cc2ccccc2)CC(=O)CNC(=O)[C@H](CC(=O)O)NC(=O)C(CCCN=C(N)N)NC1=O. The van der Waals surface area contributed by atoms with Gasteiger partial charge in [-0.3, -0.25) is 81.6 Å². The number of nitrogens with one attached hydrogen (secondary N) is 8. The Hall–Kier alpha value is -10.7. The highest BCUT2D eigenvalue weighted by atomic mass is 16.4. The van der Waals surface area contributed by atoms with Gasteiger partial charge in [0, 0.05) is 89.2 Å². The standard InChI is InChI=1S/C74H107N15O19/c1-43(2)29-47(34-60(93)56(32-46-19-11-8-12-20-46)82-62(95)24-23-59(92)53(75)37-51-42-89(88-87-51)28-16-25-74(4,5)6)67(103)80-40-50(36-63(96)97)69(105)85-57(38-64(98)99)61(94)35-48(30-44(3)90)66(102)78-26-14-13-21-54-71(107)84-55(22-15-27-79-73(76)77)72(108)86-58(39-65(100)101)70(106)81-41-52(91)33-49(68(104)83-54)31-45-17-9-7-10-18-45/h7-12,17-20,42-43,47-50,53-58H,13-16,21-41,75H2,1-6H3,(H,78,102)(H,80,103)(H,81,106)(H,82,95)(H,83,104)(H,84,107)(H,85,105)(H,86,108)(H,96,97)(H,98,99)(H,100,101)(H4,76,77,79)/t47?,48-,49+,50-,53?,54?,55?,56?,57+,58+/m1/s1. The largest absolute Gasteiger partial charge is 0.481 e. The first-order chi connectivity index (χ1) is 50.9. The van der Waals surface area contributed by atoms with Crippen LogP contribution in [0.4, 0.5) is 0 Å². The molecule has 1 aliphatic rings. The number of carbonyl (C=O) groups is 16. The van der Waals surface area contributed by atoms with Gasteiger partial charge in [0.1, 0.15) is 29.7 Å². The van der Waals surface area contributed by atoms with Gasteiger partial charge in [0.2, 0.25) is 47.3 Å². The summed E-state index contributed by atoms with van der Waals surface area (Å²) in [5.74, 6) is -20.9. The Kier molecular flexibility index (Phi) is 38.0. The third-order valence-corrected chi connectivity index (χ3v) is 17.7. The van der Waals surface area contributed by atoms with Crippen molar-refractivity contribution < 1.29 is 92.0 Å². The summed E-state index contributed by atoms with van der Waals surface area (Å²) in [7, 11) is 0. The Morgan fingerprint density at radius 1 is 0.630 bits per heavy atom. The monoisotopic (exact) mass is 1510 g/mol. The Morgan fingerprint density at radius 2 is 1.22 bits per heavy atom. The maximum Gasteiger partial charge on any atom is 0.305 e. The zero-order chi connectivity index (χ0) is 80.2. The number of carbonyl (C=O) groups excluding carboxylic acids is 13. The van der Waals surface area contributed by atoms with Gasteiger partial charge in [0.15, 0.2) is 23.3 Å². The van der Waals surface area contributed by atoms with Crippen LogP contribution in [0.2, 0.25) is 0 Å². The molecule has 8 amide bonds. The molecule has 17 N–H and O–H groups in total. The first-order valence-corrected chi connectivity index (χ1v) is 36.3.